The van der Waals surface area contributed by atoms with Crippen LogP contribution >= 0.6 is 0 Å². The van der Waals surface area contributed by atoms with Crippen molar-refractivity contribution in [1.82, 2.24) is 0 Å². The summed E-state index contributed by atoms with van der Waals surface area (Å²) in [7, 11) is 0. The van der Waals surface area contributed by atoms with Gasteiger partial charge in [0.15, 0.2) is 0 Å². The lowest BCUT2D eigenvalue weighted by Gasteiger charge is -2.21. The molecule has 0 saturated heterocycles. The van der Waals surface area contributed by atoms with Gasteiger partial charge in [0.25, 0.3) is 0 Å². The lowest BCUT2D eigenvalue weighted by atomic mass is 9.82. The van der Waals surface area contributed by atoms with Crippen LogP contribution < -0.4 is 0 Å². The van der Waals surface area contributed by atoms with Crippen LogP contribution in [0.2, 0.25) is 0 Å². The minimum atomic E-state index is 0.911. The van der Waals surface area contributed by atoms with Crippen LogP contribution in [0.1, 0.15) is 0 Å². The Bertz CT molecular complexity index is 2800. The Morgan fingerprint density at radius 1 is 0.298 bits per heavy atom. The van der Waals surface area contributed by atoms with Gasteiger partial charge in [0, 0.05) is 16.3 Å². The Morgan fingerprint density at radius 3 is 1.55 bits per heavy atom. The quantitative estimate of drug-likeness (QED) is 0.185. The number of benzene rings is 9. The molecule has 0 fully saturated rings. The third-order valence-corrected chi connectivity index (χ3v) is 9.83. The third kappa shape index (κ3) is 3.90. The van der Waals surface area contributed by atoms with Crippen molar-refractivity contribution in [2.75, 3.05) is 0 Å². The largest absolute Gasteiger partial charge is 0.456 e. The molecular formula is C46H28O. The lowest BCUT2D eigenvalue weighted by molar-refractivity contribution is 0.669. The van der Waals surface area contributed by atoms with E-state index in [4.69, 9.17) is 4.42 Å². The first-order valence-electron chi connectivity index (χ1n) is 16.2. The van der Waals surface area contributed by atoms with E-state index >= 15 is 0 Å². The van der Waals surface area contributed by atoms with E-state index in [1.54, 1.807) is 0 Å². The number of hydrogen-bond acceptors (Lipinski definition) is 1. The topological polar surface area (TPSA) is 13.1 Å². The van der Waals surface area contributed by atoms with Gasteiger partial charge in [-0.15, -0.1) is 0 Å². The van der Waals surface area contributed by atoms with Crippen LogP contribution in [0.5, 0.6) is 0 Å². The van der Waals surface area contributed by atoms with Gasteiger partial charge in [-0.2, -0.15) is 0 Å². The number of fused-ring (bicyclic) bond motifs is 7. The maximum atomic E-state index is 6.54. The highest BCUT2D eigenvalue weighted by molar-refractivity contribution is 6.30. The normalized spacial score (nSPS) is 11.8. The summed E-state index contributed by atoms with van der Waals surface area (Å²) in [5.74, 6) is 0. The Hall–Kier alpha value is -6.18. The molecule has 0 atom stereocenters. The zero-order chi connectivity index (χ0) is 30.9. The predicted molar refractivity (Wildman–Crippen MR) is 200 cm³/mol. The summed E-state index contributed by atoms with van der Waals surface area (Å²) < 4.78 is 6.54. The molecular weight excluding hydrogens is 569 g/mol. The highest BCUT2D eigenvalue weighted by Gasteiger charge is 2.23. The van der Waals surface area contributed by atoms with E-state index in [0.29, 0.717) is 0 Å². The van der Waals surface area contributed by atoms with Crippen LogP contribution in [0.15, 0.2) is 174 Å². The third-order valence-electron chi connectivity index (χ3n) is 9.83. The molecule has 9 aromatic carbocycles. The zero-order valence-electron chi connectivity index (χ0n) is 25.6. The second-order valence-corrected chi connectivity index (χ2v) is 12.4. The van der Waals surface area contributed by atoms with Crippen molar-refractivity contribution in [3.8, 4) is 33.4 Å². The number of rotatable bonds is 3. The van der Waals surface area contributed by atoms with Crippen molar-refractivity contribution in [2.45, 2.75) is 0 Å². The Kier molecular flexibility index (Phi) is 5.64. The van der Waals surface area contributed by atoms with Crippen molar-refractivity contribution < 1.29 is 4.42 Å². The van der Waals surface area contributed by atoms with Crippen LogP contribution in [-0.4, -0.2) is 0 Å². The van der Waals surface area contributed by atoms with E-state index in [1.165, 1.54) is 81.9 Å². The van der Waals surface area contributed by atoms with E-state index in [9.17, 15) is 0 Å². The number of hydrogen-bond donors (Lipinski definition) is 0. The molecule has 0 aliphatic heterocycles. The zero-order valence-corrected chi connectivity index (χ0v) is 25.6. The Labute approximate surface area is 271 Å². The van der Waals surface area contributed by atoms with Crippen molar-refractivity contribution in [1.29, 1.82) is 0 Å². The molecule has 0 aliphatic rings. The van der Waals surface area contributed by atoms with Gasteiger partial charge in [-0.1, -0.05) is 152 Å². The van der Waals surface area contributed by atoms with Crippen LogP contribution in [0.25, 0.3) is 98.4 Å². The van der Waals surface area contributed by atoms with Crippen LogP contribution in [0.4, 0.5) is 0 Å². The first-order valence-corrected chi connectivity index (χ1v) is 16.2. The van der Waals surface area contributed by atoms with Crippen molar-refractivity contribution in [2.24, 2.45) is 0 Å². The van der Waals surface area contributed by atoms with Crippen LogP contribution in [-0.2, 0) is 0 Å². The smallest absolute Gasteiger partial charge is 0.136 e. The molecule has 0 radical (unpaired) electrons. The minimum Gasteiger partial charge on any atom is -0.456 e. The van der Waals surface area contributed by atoms with Gasteiger partial charge in [0.2, 0.25) is 0 Å². The molecule has 10 aromatic rings. The Balaban J connectivity index is 1.37. The van der Waals surface area contributed by atoms with E-state index in [1.807, 2.05) is 0 Å². The molecule has 1 heterocycles. The van der Waals surface area contributed by atoms with Gasteiger partial charge < -0.3 is 4.42 Å². The molecule has 47 heavy (non-hydrogen) atoms. The molecule has 218 valence electrons. The second-order valence-electron chi connectivity index (χ2n) is 12.4. The summed E-state index contributed by atoms with van der Waals surface area (Å²) in [6.07, 6.45) is 0. The molecule has 0 bridgehead atoms. The molecule has 10 rings (SSSR count). The summed E-state index contributed by atoms with van der Waals surface area (Å²) in [6.45, 7) is 0. The molecule has 0 unspecified atom stereocenters. The molecule has 0 saturated carbocycles. The summed E-state index contributed by atoms with van der Waals surface area (Å²) >= 11 is 0. The number of furan rings is 1. The predicted octanol–water partition coefficient (Wildman–Crippen LogP) is 13.2. The van der Waals surface area contributed by atoms with Gasteiger partial charge >= 0.3 is 0 Å². The summed E-state index contributed by atoms with van der Waals surface area (Å²) in [5, 5.41) is 12.2. The maximum Gasteiger partial charge on any atom is 0.136 e. The fourth-order valence-electron chi connectivity index (χ4n) is 7.81. The van der Waals surface area contributed by atoms with Gasteiger partial charge in [0.1, 0.15) is 11.2 Å². The first-order chi connectivity index (χ1) is 23.3. The van der Waals surface area contributed by atoms with E-state index < -0.39 is 0 Å². The molecule has 0 aliphatic carbocycles. The summed E-state index contributed by atoms with van der Waals surface area (Å²) in [6, 6.07) is 61.6. The lowest BCUT2D eigenvalue weighted by Crippen LogP contribution is -1.94. The molecule has 0 spiro atoms. The first kappa shape index (κ1) is 26.1. The van der Waals surface area contributed by atoms with Gasteiger partial charge in [-0.05, 0) is 89.1 Å². The maximum absolute atomic E-state index is 6.54. The molecule has 0 amide bonds. The van der Waals surface area contributed by atoms with E-state index in [2.05, 4.69) is 170 Å². The highest BCUT2D eigenvalue weighted by Crippen LogP contribution is 2.50. The van der Waals surface area contributed by atoms with Gasteiger partial charge in [-0.3, -0.25) is 0 Å². The van der Waals surface area contributed by atoms with Gasteiger partial charge in [0.05, 0.1) is 0 Å². The van der Waals surface area contributed by atoms with Crippen LogP contribution in [0.3, 0.4) is 0 Å². The van der Waals surface area contributed by atoms with Crippen molar-refractivity contribution >= 4 is 65.0 Å². The molecule has 1 nitrogen and oxygen atoms in total. The molecule has 1 heteroatoms. The average molecular weight is 597 g/mol. The number of para-hydroxylation sites is 1. The van der Waals surface area contributed by atoms with Gasteiger partial charge in [-0.25, -0.2) is 0 Å². The summed E-state index contributed by atoms with van der Waals surface area (Å²) in [5.41, 5.74) is 9.25. The fourth-order valence-corrected chi connectivity index (χ4v) is 7.81. The van der Waals surface area contributed by atoms with Crippen LogP contribution in [0, 0.1) is 0 Å². The Morgan fingerprint density at radius 2 is 0.830 bits per heavy atom. The minimum absolute atomic E-state index is 0.911. The highest BCUT2D eigenvalue weighted by atomic mass is 16.3. The monoisotopic (exact) mass is 596 g/mol. The van der Waals surface area contributed by atoms with E-state index in [-0.39, 0.29) is 0 Å². The summed E-state index contributed by atoms with van der Waals surface area (Å²) in [4.78, 5) is 0. The molecule has 1 aromatic heterocycles. The van der Waals surface area contributed by atoms with E-state index in [0.717, 1.165) is 16.6 Å². The van der Waals surface area contributed by atoms with Crippen molar-refractivity contribution in [3.05, 3.63) is 170 Å². The molecule has 0 N–H and O–H groups in total. The fraction of sp³-hybridized carbons (Fsp3) is 0. The van der Waals surface area contributed by atoms with Crippen molar-refractivity contribution in [3.63, 3.8) is 0 Å². The standard InChI is InChI=1S/C46H28O/c1-2-14-30-27-32(26-25-29(30)13-1)33-16-5-6-18-35(33)43-36-19-7-9-21-38(36)44(39-22-10-8-20-37(39)43)46-34-17-4-3-15-31(34)28-42-45(46)40-23-11-12-24-41(40)47-42/h1-28H. The second kappa shape index (κ2) is 10.2. The average Bonchev–Trinajstić information content (AvgIpc) is 3.51. The SMILES string of the molecule is c1ccc(-c2c3ccccc3c(-c3c4ccccc4cc4oc5ccccc5c34)c3ccccc23)c(-c2ccc3ccccc3c2)c1.